The number of furan rings is 1. The van der Waals surface area contributed by atoms with Gasteiger partial charge in [-0.2, -0.15) is 0 Å². The number of hydrogen-bond acceptors (Lipinski definition) is 3. The van der Waals surface area contributed by atoms with E-state index < -0.39 is 5.82 Å². The second-order valence-corrected chi connectivity index (χ2v) is 5.64. The third-order valence-corrected chi connectivity index (χ3v) is 3.82. The van der Waals surface area contributed by atoms with Crippen LogP contribution in [0.1, 0.15) is 30.0 Å². The van der Waals surface area contributed by atoms with Gasteiger partial charge in [-0.1, -0.05) is 12.1 Å². The van der Waals surface area contributed by atoms with Crippen LogP contribution in [0.25, 0.3) is 11.0 Å². The van der Waals surface area contributed by atoms with Crippen LogP contribution >= 0.6 is 0 Å². The van der Waals surface area contributed by atoms with Crippen molar-refractivity contribution in [3.8, 4) is 0 Å². The van der Waals surface area contributed by atoms with E-state index in [0.29, 0.717) is 24.0 Å². The Labute approximate surface area is 122 Å². The first-order valence-electron chi connectivity index (χ1n) is 7.09. The van der Waals surface area contributed by atoms with Crippen molar-refractivity contribution in [1.82, 2.24) is 4.90 Å². The lowest BCUT2D eigenvalue weighted by molar-refractivity contribution is -0.0592. The molecule has 0 aliphatic carbocycles. The number of morpholine rings is 1. The summed E-state index contributed by atoms with van der Waals surface area (Å²) < 4.78 is 24.9. The van der Waals surface area contributed by atoms with Crippen molar-refractivity contribution in [2.45, 2.75) is 33.0 Å². The minimum atomic E-state index is -0.446. The van der Waals surface area contributed by atoms with E-state index in [1.807, 2.05) is 13.8 Å². The van der Waals surface area contributed by atoms with Gasteiger partial charge in [-0.15, -0.1) is 0 Å². The number of fused-ring (bicyclic) bond motifs is 1. The zero-order valence-corrected chi connectivity index (χ0v) is 12.4. The lowest BCUT2D eigenvalue weighted by Gasteiger charge is -2.34. The first kappa shape index (κ1) is 14.1. The van der Waals surface area contributed by atoms with Gasteiger partial charge in [0, 0.05) is 24.0 Å². The highest BCUT2D eigenvalue weighted by Gasteiger charge is 2.30. The highest BCUT2D eigenvalue weighted by molar-refractivity contribution is 5.99. The van der Waals surface area contributed by atoms with Gasteiger partial charge >= 0.3 is 0 Å². The average molecular weight is 291 g/mol. The van der Waals surface area contributed by atoms with Crippen LogP contribution in [0.5, 0.6) is 0 Å². The molecule has 0 spiro atoms. The molecule has 2 aromatic rings. The van der Waals surface area contributed by atoms with Gasteiger partial charge in [0.2, 0.25) is 0 Å². The predicted molar refractivity (Wildman–Crippen MR) is 76.8 cm³/mol. The summed E-state index contributed by atoms with van der Waals surface area (Å²) in [6, 6.07) is 4.71. The van der Waals surface area contributed by atoms with Crippen LogP contribution in [0.2, 0.25) is 0 Å². The van der Waals surface area contributed by atoms with Crippen LogP contribution < -0.4 is 0 Å². The molecule has 1 aromatic heterocycles. The fraction of sp³-hybridized carbons (Fsp3) is 0.438. The number of amides is 1. The van der Waals surface area contributed by atoms with Crippen LogP contribution in [0.4, 0.5) is 4.39 Å². The molecule has 1 aromatic carbocycles. The molecule has 2 heterocycles. The summed E-state index contributed by atoms with van der Waals surface area (Å²) in [6.07, 6.45) is -0.0294. The summed E-state index contributed by atoms with van der Waals surface area (Å²) in [6.45, 7) is 6.68. The summed E-state index contributed by atoms with van der Waals surface area (Å²) >= 11 is 0. The Morgan fingerprint density at radius 1 is 1.29 bits per heavy atom. The molecule has 112 valence electrons. The van der Waals surface area contributed by atoms with Crippen molar-refractivity contribution in [3.63, 3.8) is 0 Å². The molecular formula is C16H18FNO3. The van der Waals surface area contributed by atoms with Crippen molar-refractivity contribution >= 4 is 16.9 Å². The molecule has 0 bridgehead atoms. The SMILES string of the molecule is Cc1c(C(=O)N2C[C@H](C)O[C@@H](C)C2)oc2c(F)cccc12. The number of rotatable bonds is 1. The van der Waals surface area contributed by atoms with Gasteiger partial charge in [0.15, 0.2) is 17.2 Å². The Kier molecular flexibility index (Phi) is 3.45. The van der Waals surface area contributed by atoms with Crippen molar-refractivity contribution in [2.75, 3.05) is 13.1 Å². The normalized spacial score (nSPS) is 22.8. The minimum Gasteiger partial charge on any atom is -0.448 e. The van der Waals surface area contributed by atoms with Gasteiger partial charge < -0.3 is 14.1 Å². The number of carbonyl (C=O) groups excluding carboxylic acids is 1. The number of halogens is 1. The monoisotopic (exact) mass is 291 g/mol. The maximum absolute atomic E-state index is 13.8. The Morgan fingerprint density at radius 3 is 2.57 bits per heavy atom. The van der Waals surface area contributed by atoms with Crippen molar-refractivity contribution < 1.29 is 18.3 Å². The van der Waals surface area contributed by atoms with E-state index in [1.165, 1.54) is 6.07 Å². The van der Waals surface area contributed by atoms with Crippen molar-refractivity contribution in [2.24, 2.45) is 0 Å². The molecule has 1 aliphatic heterocycles. The second-order valence-electron chi connectivity index (χ2n) is 5.64. The smallest absolute Gasteiger partial charge is 0.290 e. The largest absolute Gasteiger partial charge is 0.448 e. The van der Waals surface area contributed by atoms with E-state index >= 15 is 0 Å². The van der Waals surface area contributed by atoms with Gasteiger partial charge in [0.05, 0.1) is 12.2 Å². The molecule has 0 N–H and O–H groups in total. The number of benzene rings is 1. The molecule has 2 atom stereocenters. The highest BCUT2D eigenvalue weighted by Crippen LogP contribution is 2.28. The first-order chi connectivity index (χ1) is 9.97. The second kappa shape index (κ2) is 5.15. The first-order valence-corrected chi connectivity index (χ1v) is 7.09. The van der Waals surface area contributed by atoms with Crippen molar-refractivity contribution in [1.29, 1.82) is 0 Å². The third-order valence-electron chi connectivity index (χ3n) is 3.82. The zero-order valence-electron chi connectivity index (χ0n) is 12.4. The summed E-state index contributed by atoms with van der Waals surface area (Å²) in [5.74, 6) is -0.431. The molecule has 5 heteroatoms. The summed E-state index contributed by atoms with van der Waals surface area (Å²) in [5.41, 5.74) is 0.828. The molecule has 3 rings (SSSR count). The molecule has 1 aliphatic rings. The van der Waals surface area contributed by atoms with Gasteiger partial charge in [-0.05, 0) is 26.8 Å². The van der Waals surface area contributed by atoms with Crippen LogP contribution in [-0.2, 0) is 4.74 Å². The predicted octanol–water partition coefficient (Wildman–Crippen LogP) is 3.13. The van der Waals surface area contributed by atoms with Gasteiger partial charge in [-0.3, -0.25) is 4.79 Å². The Morgan fingerprint density at radius 2 is 1.95 bits per heavy atom. The number of ether oxygens (including phenoxy) is 1. The minimum absolute atomic E-state index is 0.0147. The molecule has 0 saturated carbocycles. The molecule has 0 unspecified atom stereocenters. The Balaban J connectivity index is 1.98. The summed E-state index contributed by atoms with van der Waals surface area (Å²) in [7, 11) is 0. The van der Waals surface area contributed by atoms with Crippen molar-refractivity contribution in [3.05, 3.63) is 35.3 Å². The van der Waals surface area contributed by atoms with Crippen LogP contribution in [0.15, 0.2) is 22.6 Å². The standard InChI is InChI=1S/C16H18FNO3/c1-9-7-18(8-10(2)20-9)16(19)14-11(3)12-5-4-6-13(17)15(12)21-14/h4-6,9-10H,7-8H2,1-3H3/t9-,10-/m0/s1. The van der Waals surface area contributed by atoms with E-state index in [1.54, 1.807) is 24.0 Å². The molecule has 4 nitrogen and oxygen atoms in total. The third kappa shape index (κ3) is 2.42. The fourth-order valence-corrected chi connectivity index (χ4v) is 2.90. The van der Waals surface area contributed by atoms with Gasteiger partial charge in [0.1, 0.15) is 0 Å². The summed E-state index contributed by atoms with van der Waals surface area (Å²) in [5, 5.41) is 0.646. The molecule has 1 saturated heterocycles. The average Bonchev–Trinajstić information content (AvgIpc) is 2.76. The molecular weight excluding hydrogens is 273 g/mol. The van der Waals surface area contributed by atoms with Crippen LogP contribution in [0, 0.1) is 12.7 Å². The number of carbonyl (C=O) groups is 1. The number of hydrogen-bond donors (Lipinski definition) is 0. The molecule has 21 heavy (non-hydrogen) atoms. The topological polar surface area (TPSA) is 42.7 Å². The van der Waals surface area contributed by atoms with Gasteiger partial charge in [0.25, 0.3) is 5.91 Å². The van der Waals surface area contributed by atoms with E-state index in [-0.39, 0.29) is 29.5 Å². The Hall–Kier alpha value is -1.88. The quantitative estimate of drug-likeness (QED) is 0.810. The number of nitrogens with zero attached hydrogens (tertiary/aromatic N) is 1. The molecule has 0 radical (unpaired) electrons. The van der Waals surface area contributed by atoms with E-state index in [9.17, 15) is 9.18 Å². The van der Waals surface area contributed by atoms with E-state index in [0.717, 1.165) is 0 Å². The van der Waals surface area contributed by atoms with E-state index in [2.05, 4.69) is 0 Å². The summed E-state index contributed by atoms with van der Waals surface area (Å²) in [4.78, 5) is 14.4. The Bertz CT molecular complexity index is 684. The molecule has 1 fully saturated rings. The lowest BCUT2D eigenvalue weighted by atomic mass is 10.1. The number of aryl methyl sites for hydroxylation is 1. The van der Waals surface area contributed by atoms with Crippen LogP contribution in [-0.4, -0.2) is 36.1 Å². The molecule has 1 amide bonds. The lowest BCUT2D eigenvalue weighted by Crippen LogP contribution is -2.48. The fourth-order valence-electron chi connectivity index (χ4n) is 2.90. The van der Waals surface area contributed by atoms with Crippen LogP contribution in [0.3, 0.4) is 0 Å². The van der Waals surface area contributed by atoms with Gasteiger partial charge in [-0.25, -0.2) is 4.39 Å². The maximum atomic E-state index is 13.8. The number of para-hydroxylation sites is 1. The zero-order chi connectivity index (χ0) is 15.1. The maximum Gasteiger partial charge on any atom is 0.290 e. The van der Waals surface area contributed by atoms with E-state index in [4.69, 9.17) is 9.15 Å². The highest BCUT2D eigenvalue weighted by atomic mass is 19.1.